The Morgan fingerprint density at radius 1 is 1.33 bits per heavy atom. The van der Waals surface area contributed by atoms with Gasteiger partial charge in [-0.25, -0.2) is 0 Å². The molecule has 2 rings (SSSR count). The highest BCUT2D eigenvalue weighted by atomic mass is 19.3. The normalized spacial score (nSPS) is 12.7. The first kappa shape index (κ1) is 12.5. The summed E-state index contributed by atoms with van der Waals surface area (Å²) in [5.74, 6) is 0.0116. The van der Waals surface area contributed by atoms with Crippen molar-refractivity contribution < 1.29 is 18.6 Å². The molecular formula is C12H12F2N2O2. The zero-order chi connectivity index (χ0) is 13.1. The Kier molecular flexibility index (Phi) is 3.57. The van der Waals surface area contributed by atoms with E-state index < -0.39 is 12.7 Å². The summed E-state index contributed by atoms with van der Waals surface area (Å²) >= 11 is 0. The third-order valence-electron chi connectivity index (χ3n) is 2.41. The first-order valence-electron chi connectivity index (χ1n) is 5.28. The molecule has 1 aromatic heterocycles. The maximum absolute atomic E-state index is 12.1. The lowest BCUT2D eigenvalue weighted by molar-refractivity contribution is -0.0499. The van der Waals surface area contributed by atoms with E-state index in [1.807, 2.05) is 0 Å². The number of hydrogen-bond donors (Lipinski definition) is 1. The molecule has 0 aliphatic heterocycles. The molecule has 0 spiro atoms. The van der Waals surface area contributed by atoms with Gasteiger partial charge >= 0.3 is 6.61 Å². The minimum Gasteiger partial charge on any atom is -0.435 e. The lowest BCUT2D eigenvalue weighted by Gasteiger charge is -2.10. The molecular weight excluding hydrogens is 242 g/mol. The van der Waals surface area contributed by atoms with Crippen LogP contribution >= 0.6 is 0 Å². The molecule has 1 heterocycles. The minimum atomic E-state index is -2.88. The number of rotatable bonds is 4. The van der Waals surface area contributed by atoms with E-state index in [2.05, 4.69) is 9.84 Å². The van der Waals surface area contributed by atoms with Crippen LogP contribution in [0.3, 0.4) is 0 Å². The Morgan fingerprint density at radius 3 is 2.72 bits per heavy atom. The highest BCUT2D eigenvalue weighted by molar-refractivity contribution is 5.33. The van der Waals surface area contributed by atoms with Crippen molar-refractivity contribution in [3.8, 4) is 5.75 Å². The summed E-state index contributed by atoms with van der Waals surface area (Å²) in [6.45, 7) is -2.88. The molecule has 2 aromatic rings. The number of aliphatic hydroxyl groups excluding tert-OH is 1. The van der Waals surface area contributed by atoms with Crippen molar-refractivity contribution in [2.45, 2.75) is 12.7 Å². The van der Waals surface area contributed by atoms with E-state index in [-0.39, 0.29) is 5.75 Å². The molecule has 6 heteroatoms. The minimum absolute atomic E-state index is 0.0116. The van der Waals surface area contributed by atoms with Crippen molar-refractivity contribution >= 4 is 0 Å². The quantitative estimate of drug-likeness (QED) is 0.909. The maximum Gasteiger partial charge on any atom is 0.387 e. The van der Waals surface area contributed by atoms with E-state index >= 15 is 0 Å². The zero-order valence-electron chi connectivity index (χ0n) is 9.62. The van der Waals surface area contributed by atoms with E-state index in [1.165, 1.54) is 12.1 Å². The second-order valence-electron chi connectivity index (χ2n) is 3.77. The molecule has 0 radical (unpaired) electrons. The summed E-state index contributed by atoms with van der Waals surface area (Å²) < 4.78 is 30.0. The van der Waals surface area contributed by atoms with Crippen molar-refractivity contribution in [1.29, 1.82) is 0 Å². The summed E-state index contributed by atoms with van der Waals surface area (Å²) in [4.78, 5) is 0. The number of ether oxygens (including phenoxy) is 1. The SMILES string of the molecule is Cn1ccc(C(O)c2cccc(OC(F)F)c2)n1. The van der Waals surface area contributed by atoms with Gasteiger partial charge in [-0.05, 0) is 23.8 Å². The first-order chi connectivity index (χ1) is 8.56. The lowest BCUT2D eigenvalue weighted by atomic mass is 10.1. The van der Waals surface area contributed by atoms with Gasteiger partial charge in [0.1, 0.15) is 11.9 Å². The van der Waals surface area contributed by atoms with Crippen molar-refractivity contribution in [2.24, 2.45) is 7.05 Å². The summed E-state index contributed by atoms with van der Waals surface area (Å²) in [6, 6.07) is 7.59. The molecule has 0 bridgehead atoms. The van der Waals surface area contributed by atoms with Crippen LogP contribution in [0.5, 0.6) is 5.75 Å². The molecule has 0 aliphatic carbocycles. The van der Waals surface area contributed by atoms with Crippen LogP contribution in [0, 0.1) is 0 Å². The van der Waals surface area contributed by atoms with E-state index in [0.717, 1.165) is 0 Å². The smallest absolute Gasteiger partial charge is 0.387 e. The summed E-state index contributed by atoms with van der Waals surface area (Å²) in [6.07, 6.45) is 0.727. The maximum atomic E-state index is 12.1. The molecule has 1 aromatic carbocycles. The van der Waals surface area contributed by atoms with Crippen molar-refractivity contribution in [3.05, 3.63) is 47.8 Å². The lowest BCUT2D eigenvalue weighted by Crippen LogP contribution is -2.05. The molecule has 18 heavy (non-hydrogen) atoms. The zero-order valence-corrected chi connectivity index (χ0v) is 9.62. The molecule has 0 fully saturated rings. The van der Waals surface area contributed by atoms with Crippen molar-refractivity contribution in [3.63, 3.8) is 0 Å². The average Bonchev–Trinajstić information content (AvgIpc) is 2.74. The van der Waals surface area contributed by atoms with Crippen LogP contribution in [-0.2, 0) is 7.05 Å². The Morgan fingerprint density at radius 2 is 2.11 bits per heavy atom. The van der Waals surface area contributed by atoms with Gasteiger partial charge < -0.3 is 9.84 Å². The third kappa shape index (κ3) is 2.84. The van der Waals surface area contributed by atoms with Gasteiger partial charge in [-0.15, -0.1) is 0 Å². The van der Waals surface area contributed by atoms with Gasteiger partial charge in [0.2, 0.25) is 0 Å². The number of aromatic nitrogens is 2. The number of alkyl halides is 2. The van der Waals surface area contributed by atoms with Gasteiger partial charge in [0, 0.05) is 13.2 Å². The van der Waals surface area contributed by atoms with Crippen LogP contribution in [0.1, 0.15) is 17.4 Å². The Balaban J connectivity index is 2.22. The Labute approximate surface area is 102 Å². The molecule has 4 nitrogen and oxygen atoms in total. The predicted octanol–water partition coefficient (Wildman–Crippen LogP) is 2.10. The van der Waals surface area contributed by atoms with Gasteiger partial charge in [0.15, 0.2) is 0 Å². The molecule has 0 amide bonds. The van der Waals surface area contributed by atoms with E-state index in [1.54, 1.807) is 36.1 Å². The van der Waals surface area contributed by atoms with Gasteiger partial charge in [0.05, 0.1) is 5.69 Å². The number of benzene rings is 1. The summed E-state index contributed by atoms with van der Waals surface area (Å²) in [5.41, 5.74) is 0.901. The van der Waals surface area contributed by atoms with E-state index in [4.69, 9.17) is 0 Å². The molecule has 1 atom stereocenters. The van der Waals surface area contributed by atoms with E-state index in [0.29, 0.717) is 11.3 Å². The third-order valence-corrected chi connectivity index (χ3v) is 2.41. The van der Waals surface area contributed by atoms with Gasteiger partial charge in [-0.3, -0.25) is 4.68 Å². The Bertz CT molecular complexity index is 528. The summed E-state index contributed by atoms with van der Waals surface area (Å²) in [7, 11) is 1.73. The highest BCUT2D eigenvalue weighted by Gasteiger charge is 2.14. The average molecular weight is 254 g/mol. The Hall–Kier alpha value is -1.95. The van der Waals surface area contributed by atoms with Gasteiger partial charge in [-0.1, -0.05) is 12.1 Å². The molecule has 0 saturated heterocycles. The fourth-order valence-corrected chi connectivity index (χ4v) is 1.61. The molecule has 1 N–H and O–H groups in total. The number of aryl methyl sites for hydroxylation is 1. The van der Waals surface area contributed by atoms with E-state index in [9.17, 15) is 13.9 Å². The van der Waals surface area contributed by atoms with Crippen molar-refractivity contribution in [2.75, 3.05) is 0 Å². The van der Waals surface area contributed by atoms with Crippen LogP contribution in [0.15, 0.2) is 36.5 Å². The number of aliphatic hydroxyl groups is 1. The largest absolute Gasteiger partial charge is 0.435 e. The first-order valence-corrected chi connectivity index (χ1v) is 5.28. The standard InChI is InChI=1S/C12H12F2N2O2/c1-16-6-5-10(15-16)11(17)8-3-2-4-9(7-8)18-12(13)14/h2-7,11-12,17H,1H3. The molecule has 1 unspecified atom stereocenters. The number of nitrogens with zero attached hydrogens (tertiary/aromatic N) is 2. The van der Waals surface area contributed by atoms with Crippen LogP contribution < -0.4 is 4.74 Å². The van der Waals surface area contributed by atoms with Crippen LogP contribution in [0.4, 0.5) is 8.78 Å². The van der Waals surface area contributed by atoms with Crippen LogP contribution in [0.2, 0.25) is 0 Å². The van der Waals surface area contributed by atoms with Gasteiger partial charge in [0.25, 0.3) is 0 Å². The summed E-state index contributed by atoms with van der Waals surface area (Å²) in [5, 5.41) is 14.1. The van der Waals surface area contributed by atoms with Crippen molar-refractivity contribution in [1.82, 2.24) is 9.78 Å². The van der Waals surface area contributed by atoms with Crippen LogP contribution in [-0.4, -0.2) is 21.5 Å². The second kappa shape index (κ2) is 5.14. The molecule has 0 aliphatic rings. The highest BCUT2D eigenvalue weighted by Crippen LogP contribution is 2.24. The second-order valence-corrected chi connectivity index (χ2v) is 3.77. The molecule has 96 valence electrons. The topological polar surface area (TPSA) is 47.3 Å². The number of halogens is 2. The predicted molar refractivity (Wildman–Crippen MR) is 60.3 cm³/mol. The monoisotopic (exact) mass is 254 g/mol. The van der Waals surface area contributed by atoms with Crippen LogP contribution in [0.25, 0.3) is 0 Å². The number of hydrogen-bond acceptors (Lipinski definition) is 3. The fourth-order valence-electron chi connectivity index (χ4n) is 1.61. The fraction of sp³-hybridized carbons (Fsp3) is 0.250. The van der Waals surface area contributed by atoms with Gasteiger partial charge in [-0.2, -0.15) is 13.9 Å². The molecule has 0 saturated carbocycles.